The molecule has 5 heteroatoms. The number of rotatable bonds is 7. The molecule has 0 atom stereocenters. The van der Waals surface area contributed by atoms with E-state index in [-0.39, 0.29) is 0 Å². The number of benzene rings is 9. The molecule has 62 heavy (non-hydrogen) atoms. The number of aromatic nitrogens is 3. The lowest BCUT2D eigenvalue weighted by Crippen LogP contribution is -2.00. The summed E-state index contributed by atoms with van der Waals surface area (Å²) in [6.07, 6.45) is 0. The van der Waals surface area contributed by atoms with E-state index in [1.54, 1.807) is 0 Å². The Bertz CT molecular complexity index is 3630. The lowest BCUT2D eigenvalue weighted by molar-refractivity contribution is 0.669. The molecule has 0 N–H and O–H groups in total. The van der Waals surface area contributed by atoms with Gasteiger partial charge >= 0.3 is 0 Å². The molecule has 0 radical (unpaired) electrons. The molecule has 0 unspecified atom stereocenters. The van der Waals surface area contributed by atoms with Crippen molar-refractivity contribution in [1.82, 2.24) is 15.0 Å². The van der Waals surface area contributed by atoms with Crippen molar-refractivity contribution >= 4 is 43.9 Å². The number of hydrogen-bond donors (Lipinski definition) is 0. The van der Waals surface area contributed by atoms with Crippen LogP contribution in [0.2, 0.25) is 0 Å². The largest absolute Gasteiger partial charge is 0.456 e. The van der Waals surface area contributed by atoms with Gasteiger partial charge in [0, 0.05) is 43.8 Å². The Kier molecular flexibility index (Phi) is 8.42. The zero-order valence-electron chi connectivity index (χ0n) is 33.4. The molecule has 12 rings (SSSR count). The Morgan fingerprint density at radius 2 is 0.790 bits per heavy atom. The Balaban J connectivity index is 1.11. The van der Waals surface area contributed by atoms with E-state index >= 15 is 0 Å². The van der Waals surface area contributed by atoms with Gasteiger partial charge < -0.3 is 8.83 Å². The van der Waals surface area contributed by atoms with Crippen LogP contribution in [0.3, 0.4) is 0 Å². The lowest BCUT2D eigenvalue weighted by Gasteiger charge is -2.19. The minimum atomic E-state index is 0.577. The maximum atomic E-state index is 6.71. The van der Waals surface area contributed by atoms with Crippen LogP contribution >= 0.6 is 0 Å². The van der Waals surface area contributed by atoms with Crippen LogP contribution in [-0.4, -0.2) is 15.0 Å². The number of hydrogen-bond acceptors (Lipinski definition) is 5. The van der Waals surface area contributed by atoms with Crippen LogP contribution in [0.15, 0.2) is 221 Å². The van der Waals surface area contributed by atoms with Crippen LogP contribution in [0.4, 0.5) is 0 Å². The fourth-order valence-corrected chi connectivity index (χ4v) is 8.88. The SMILES string of the molecule is c1ccc(-c2cc(-c3cccc(-c4nc(-c5ccccc5)nc(-c5cccc6oc7ccccc7c56)n4)c3)c(-c3ccccc3)c(-c3cccc4c3oc3ccccc34)c2)cc1. The zero-order valence-corrected chi connectivity index (χ0v) is 33.4. The molecule has 5 nitrogen and oxygen atoms in total. The summed E-state index contributed by atoms with van der Waals surface area (Å²) in [6.45, 7) is 0. The second-order valence-corrected chi connectivity index (χ2v) is 15.5. The molecule has 0 saturated heterocycles. The highest BCUT2D eigenvalue weighted by Crippen LogP contribution is 2.47. The normalized spacial score (nSPS) is 11.5. The first-order chi connectivity index (χ1) is 30.7. The van der Waals surface area contributed by atoms with Gasteiger partial charge in [-0.25, -0.2) is 15.0 Å². The van der Waals surface area contributed by atoms with Crippen molar-refractivity contribution in [2.24, 2.45) is 0 Å². The molecule has 12 aromatic rings. The fourth-order valence-electron chi connectivity index (χ4n) is 8.88. The van der Waals surface area contributed by atoms with Crippen molar-refractivity contribution < 1.29 is 8.83 Å². The van der Waals surface area contributed by atoms with Crippen LogP contribution in [0.5, 0.6) is 0 Å². The van der Waals surface area contributed by atoms with Gasteiger partial charge in [-0.05, 0) is 75.3 Å². The van der Waals surface area contributed by atoms with Gasteiger partial charge in [0.15, 0.2) is 17.5 Å². The summed E-state index contributed by atoms with van der Waals surface area (Å²) >= 11 is 0. The molecule has 0 aliphatic rings. The summed E-state index contributed by atoms with van der Waals surface area (Å²) in [5.41, 5.74) is 14.7. The predicted molar refractivity (Wildman–Crippen MR) is 252 cm³/mol. The van der Waals surface area contributed by atoms with Crippen molar-refractivity contribution in [1.29, 1.82) is 0 Å². The Hall–Kier alpha value is -8.41. The molecule has 0 saturated carbocycles. The third-order valence-electron chi connectivity index (χ3n) is 11.7. The van der Waals surface area contributed by atoms with Crippen LogP contribution < -0.4 is 0 Å². The van der Waals surface area contributed by atoms with E-state index < -0.39 is 0 Å². The summed E-state index contributed by atoms with van der Waals surface area (Å²) in [5, 5.41) is 4.18. The van der Waals surface area contributed by atoms with E-state index in [0.717, 1.165) is 105 Å². The molecular weight excluding hydrogens is 759 g/mol. The number of furan rings is 2. The summed E-state index contributed by atoms with van der Waals surface area (Å²) in [5.74, 6) is 1.75. The molecule has 0 fully saturated rings. The molecule has 290 valence electrons. The summed E-state index contributed by atoms with van der Waals surface area (Å²) in [6, 6.07) is 73.5. The summed E-state index contributed by atoms with van der Waals surface area (Å²) in [4.78, 5) is 15.6. The van der Waals surface area contributed by atoms with Crippen molar-refractivity contribution in [3.8, 4) is 78.7 Å². The van der Waals surface area contributed by atoms with Gasteiger partial charge in [-0.2, -0.15) is 0 Å². The first-order valence-corrected chi connectivity index (χ1v) is 20.8. The standard InChI is InChI=1S/C57H35N3O2/c1-4-17-36(18-5-1)41-34-47(52(37-19-6-2-7-20-37)48(35-41)44-28-15-27-43-42-25-10-12-30-49(42)62-54(43)44)39-23-14-24-40(33-39)56-58-55(38-21-8-3-9-22-38)59-57(60-56)46-29-16-32-51-53(46)45-26-11-13-31-50(45)61-51/h1-35H. The molecule has 3 aromatic heterocycles. The van der Waals surface area contributed by atoms with Crippen LogP contribution in [0, 0.1) is 0 Å². The van der Waals surface area contributed by atoms with E-state index in [0.29, 0.717) is 17.5 Å². The van der Waals surface area contributed by atoms with Crippen LogP contribution in [0.1, 0.15) is 0 Å². The van der Waals surface area contributed by atoms with Gasteiger partial charge in [-0.1, -0.05) is 176 Å². The van der Waals surface area contributed by atoms with Gasteiger partial charge in [-0.15, -0.1) is 0 Å². The van der Waals surface area contributed by atoms with Crippen molar-refractivity contribution in [3.05, 3.63) is 212 Å². The van der Waals surface area contributed by atoms with E-state index in [4.69, 9.17) is 23.8 Å². The van der Waals surface area contributed by atoms with Gasteiger partial charge in [-0.3, -0.25) is 0 Å². The third-order valence-corrected chi connectivity index (χ3v) is 11.7. The monoisotopic (exact) mass is 793 g/mol. The van der Waals surface area contributed by atoms with Crippen LogP contribution in [0.25, 0.3) is 123 Å². The average Bonchev–Trinajstić information content (AvgIpc) is 3.93. The van der Waals surface area contributed by atoms with E-state index in [1.807, 2.05) is 72.8 Å². The first kappa shape index (κ1) is 35.5. The highest BCUT2D eigenvalue weighted by atomic mass is 16.3. The highest BCUT2D eigenvalue weighted by molar-refractivity contribution is 6.13. The second kappa shape index (κ2) is 14.7. The Labute approximate surface area is 357 Å². The molecule has 0 spiro atoms. The number of para-hydroxylation sites is 3. The van der Waals surface area contributed by atoms with E-state index in [9.17, 15) is 0 Å². The third kappa shape index (κ3) is 6.06. The molecule has 0 bridgehead atoms. The predicted octanol–water partition coefficient (Wildman–Crippen LogP) is 15.3. The quantitative estimate of drug-likeness (QED) is 0.161. The molecule has 0 amide bonds. The topological polar surface area (TPSA) is 65.0 Å². The first-order valence-electron chi connectivity index (χ1n) is 20.8. The maximum Gasteiger partial charge on any atom is 0.164 e. The van der Waals surface area contributed by atoms with Crippen molar-refractivity contribution in [2.75, 3.05) is 0 Å². The molecule has 0 aliphatic heterocycles. The van der Waals surface area contributed by atoms with Gasteiger partial charge in [0.1, 0.15) is 22.3 Å². The lowest BCUT2D eigenvalue weighted by atomic mass is 9.84. The Morgan fingerprint density at radius 3 is 1.56 bits per heavy atom. The average molecular weight is 794 g/mol. The molecule has 0 aliphatic carbocycles. The van der Waals surface area contributed by atoms with Crippen molar-refractivity contribution in [2.45, 2.75) is 0 Å². The van der Waals surface area contributed by atoms with E-state index in [2.05, 4.69) is 140 Å². The summed E-state index contributed by atoms with van der Waals surface area (Å²) in [7, 11) is 0. The maximum absolute atomic E-state index is 6.71. The minimum absolute atomic E-state index is 0.577. The summed E-state index contributed by atoms with van der Waals surface area (Å²) < 4.78 is 13.0. The zero-order chi connectivity index (χ0) is 41.0. The highest BCUT2D eigenvalue weighted by Gasteiger charge is 2.22. The Morgan fingerprint density at radius 1 is 0.274 bits per heavy atom. The van der Waals surface area contributed by atoms with Gasteiger partial charge in [0.05, 0.1) is 0 Å². The van der Waals surface area contributed by atoms with Crippen molar-refractivity contribution in [3.63, 3.8) is 0 Å². The number of fused-ring (bicyclic) bond motifs is 6. The van der Waals surface area contributed by atoms with Gasteiger partial charge in [0.2, 0.25) is 0 Å². The smallest absolute Gasteiger partial charge is 0.164 e. The number of nitrogens with zero attached hydrogens (tertiary/aromatic N) is 3. The van der Waals surface area contributed by atoms with Gasteiger partial charge in [0.25, 0.3) is 0 Å². The minimum Gasteiger partial charge on any atom is -0.456 e. The molecule has 3 heterocycles. The molecular formula is C57H35N3O2. The fraction of sp³-hybridized carbons (Fsp3) is 0. The van der Waals surface area contributed by atoms with E-state index in [1.165, 1.54) is 0 Å². The second-order valence-electron chi connectivity index (χ2n) is 15.5. The van der Waals surface area contributed by atoms with Crippen LogP contribution in [-0.2, 0) is 0 Å². The molecule has 9 aromatic carbocycles.